The molecule has 0 spiro atoms. The zero-order chi connectivity index (χ0) is 15.4. The van der Waals surface area contributed by atoms with Crippen LogP contribution in [-0.4, -0.2) is 25.8 Å². The minimum atomic E-state index is -0.809. The fraction of sp³-hybridized carbons (Fsp3) is 0.400. The molecular weight excluding hydrogens is 334 g/mol. The van der Waals surface area contributed by atoms with Crippen LogP contribution in [0.4, 0.5) is 0 Å². The first kappa shape index (κ1) is 15.7. The maximum absolute atomic E-state index is 11.5. The van der Waals surface area contributed by atoms with Gasteiger partial charge in [-0.2, -0.15) is 5.10 Å². The third-order valence-corrected chi connectivity index (χ3v) is 3.84. The Morgan fingerprint density at radius 2 is 1.95 bits per heavy atom. The molecule has 0 fully saturated rings. The molecule has 1 unspecified atom stereocenters. The summed E-state index contributed by atoms with van der Waals surface area (Å²) < 4.78 is 2.76. The van der Waals surface area contributed by atoms with E-state index in [1.807, 2.05) is 38.1 Å². The second-order valence-electron chi connectivity index (χ2n) is 5.28. The first-order chi connectivity index (χ1) is 9.97. The number of benzene rings is 1. The molecule has 0 radical (unpaired) electrons. The number of nitrogens with zero attached hydrogens (tertiary/aromatic N) is 3. The van der Waals surface area contributed by atoms with Crippen molar-refractivity contribution in [2.75, 3.05) is 0 Å². The van der Waals surface area contributed by atoms with Crippen molar-refractivity contribution < 1.29 is 9.90 Å². The molecule has 6 heteroatoms. The highest BCUT2D eigenvalue weighted by Crippen LogP contribution is 2.18. The molecule has 112 valence electrons. The number of carboxylic acids is 1. The summed E-state index contributed by atoms with van der Waals surface area (Å²) >= 11 is 3.38. The summed E-state index contributed by atoms with van der Waals surface area (Å²) in [5.41, 5.74) is 1.00. The van der Waals surface area contributed by atoms with Crippen LogP contribution in [0.2, 0.25) is 0 Å². The second kappa shape index (κ2) is 6.85. The van der Waals surface area contributed by atoms with Gasteiger partial charge in [0.2, 0.25) is 0 Å². The van der Waals surface area contributed by atoms with E-state index in [0.717, 1.165) is 15.9 Å². The minimum Gasteiger partial charge on any atom is -0.481 e. The van der Waals surface area contributed by atoms with Gasteiger partial charge in [-0.25, -0.2) is 9.67 Å². The normalized spacial score (nSPS) is 12.6. The molecule has 1 aromatic carbocycles. The van der Waals surface area contributed by atoms with Crippen molar-refractivity contribution in [1.29, 1.82) is 0 Å². The third-order valence-electron chi connectivity index (χ3n) is 3.31. The standard InChI is InChI=1S/C15H18BrN3O2/c1-10(2)19-14(17-9-18-19)8-12(15(20)21)7-11-3-5-13(16)6-4-11/h3-6,9-10,12H,7-8H2,1-2H3,(H,20,21). The maximum Gasteiger partial charge on any atom is 0.307 e. The quantitative estimate of drug-likeness (QED) is 0.867. The van der Waals surface area contributed by atoms with Crippen LogP contribution in [0.5, 0.6) is 0 Å². The van der Waals surface area contributed by atoms with Gasteiger partial charge in [0.25, 0.3) is 0 Å². The predicted molar refractivity (Wildman–Crippen MR) is 83.1 cm³/mol. The third kappa shape index (κ3) is 4.14. The van der Waals surface area contributed by atoms with Crippen LogP contribution >= 0.6 is 15.9 Å². The van der Waals surface area contributed by atoms with E-state index in [9.17, 15) is 9.90 Å². The number of halogens is 1. The fourth-order valence-electron chi connectivity index (χ4n) is 2.22. The predicted octanol–water partition coefficient (Wildman–Crippen LogP) is 3.11. The summed E-state index contributed by atoms with van der Waals surface area (Å²) in [5, 5.41) is 13.6. The van der Waals surface area contributed by atoms with Crippen molar-refractivity contribution in [3.63, 3.8) is 0 Å². The molecule has 1 atom stereocenters. The first-order valence-electron chi connectivity index (χ1n) is 6.83. The Kier molecular flexibility index (Phi) is 5.12. The average molecular weight is 352 g/mol. The molecule has 2 aromatic rings. The molecule has 0 bridgehead atoms. The van der Waals surface area contributed by atoms with Gasteiger partial charge >= 0.3 is 5.97 Å². The van der Waals surface area contributed by atoms with E-state index in [1.54, 1.807) is 4.68 Å². The molecule has 0 aliphatic carbocycles. The summed E-state index contributed by atoms with van der Waals surface area (Å²) in [6.07, 6.45) is 2.34. The Morgan fingerprint density at radius 3 is 2.52 bits per heavy atom. The van der Waals surface area contributed by atoms with Crippen LogP contribution in [0.3, 0.4) is 0 Å². The molecule has 0 saturated heterocycles. The lowest BCUT2D eigenvalue weighted by Crippen LogP contribution is -2.22. The number of rotatable bonds is 6. The highest BCUT2D eigenvalue weighted by Gasteiger charge is 2.22. The van der Waals surface area contributed by atoms with Gasteiger partial charge in [-0.05, 0) is 38.0 Å². The van der Waals surface area contributed by atoms with Gasteiger partial charge in [0.05, 0.1) is 5.92 Å². The molecular formula is C15H18BrN3O2. The van der Waals surface area contributed by atoms with Crippen molar-refractivity contribution >= 4 is 21.9 Å². The SMILES string of the molecule is CC(C)n1ncnc1CC(Cc1ccc(Br)cc1)C(=O)O. The molecule has 1 heterocycles. The molecule has 0 amide bonds. The molecule has 5 nitrogen and oxygen atoms in total. The molecule has 1 N–H and O–H groups in total. The van der Waals surface area contributed by atoms with E-state index in [-0.39, 0.29) is 6.04 Å². The smallest absolute Gasteiger partial charge is 0.307 e. The van der Waals surface area contributed by atoms with Gasteiger partial charge in [-0.3, -0.25) is 4.79 Å². The Balaban J connectivity index is 2.14. The van der Waals surface area contributed by atoms with Gasteiger partial charge < -0.3 is 5.11 Å². The van der Waals surface area contributed by atoms with Crippen molar-refractivity contribution in [3.05, 3.63) is 46.5 Å². The zero-order valence-electron chi connectivity index (χ0n) is 12.0. The summed E-state index contributed by atoms with van der Waals surface area (Å²) in [4.78, 5) is 15.7. The molecule has 21 heavy (non-hydrogen) atoms. The second-order valence-corrected chi connectivity index (χ2v) is 6.20. The van der Waals surface area contributed by atoms with Gasteiger partial charge in [0, 0.05) is 16.9 Å². The number of hydrogen-bond donors (Lipinski definition) is 1. The first-order valence-corrected chi connectivity index (χ1v) is 7.62. The van der Waals surface area contributed by atoms with E-state index >= 15 is 0 Å². The summed E-state index contributed by atoms with van der Waals surface area (Å²) in [5.74, 6) is -0.599. The van der Waals surface area contributed by atoms with Crippen LogP contribution in [0.15, 0.2) is 35.1 Å². The zero-order valence-corrected chi connectivity index (χ0v) is 13.6. The van der Waals surface area contributed by atoms with E-state index in [4.69, 9.17) is 0 Å². The van der Waals surface area contributed by atoms with Crippen LogP contribution in [-0.2, 0) is 17.6 Å². The Labute approximate surface area is 132 Å². The Bertz CT molecular complexity index is 608. The molecule has 2 rings (SSSR count). The number of carboxylic acid groups (broad SMARTS) is 1. The monoisotopic (exact) mass is 351 g/mol. The highest BCUT2D eigenvalue weighted by molar-refractivity contribution is 9.10. The Morgan fingerprint density at radius 1 is 1.29 bits per heavy atom. The largest absolute Gasteiger partial charge is 0.481 e. The maximum atomic E-state index is 11.5. The van der Waals surface area contributed by atoms with E-state index in [0.29, 0.717) is 12.8 Å². The van der Waals surface area contributed by atoms with E-state index < -0.39 is 11.9 Å². The lowest BCUT2D eigenvalue weighted by atomic mass is 9.96. The van der Waals surface area contributed by atoms with Crippen molar-refractivity contribution in [2.45, 2.75) is 32.7 Å². The van der Waals surface area contributed by atoms with Crippen molar-refractivity contribution in [3.8, 4) is 0 Å². The number of hydrogen-bond acceptors (Lipinski definition) is 3. The van der Waals surface area contributed by atoms with Crippen LogP contribution in [0.25, 0.3) is 0 Å². The highest BCUT2D eigenvalue weighted by atomic mass is 79.9. The molecule has 0 aliphatic heterocycles. The summed E-state index contributed by atoms with van der Waals surface area (Å²) in [6.45, 7) is 4.01. The Hall–Kier alpha value is -1.69. The van der Waals surface area contributed by atoms with Gasteiger partial charge in [-0.1, -0.05) is 28.1 Å². The minimum absolute atomic E-state index is 0.171. The number of aliphatic carboxylic acids is 1. The van der Waals surface area contributed by atoms with Gasteiger partial charge in [0.1, 0.15) is 12.2 Å². The van der Waals surface area contributed by atoms with Crippen molar-refractivity contribution in [1.82, 2.24) is 14.8 Å². The number of aromatic nitrogens is 3. The topological polar surface area (TPSA) is 68.0 Å². The molecule has 0 saturated carbocycles. The summed E-state index contributed by atoms with van der Waals surface area (Å²) in [6, 6.07) is 7.89. The summed E-state index contributed by atoms with van der Waals surface area (Å²) in [7, 11) is 0. The van der Waals surface area contributed by atoms with E-state index in [1.165, 1.54) is 6.33 Å². The fourth-order valence-corrected chi connectivity index (χ4v) is 2.49. The van der Waals surface area contributed by atoms with Gasteiger partial charge in [-0.15, -0.1) is 0 Å². The van der Waals surface area contributed by atoms with Crippen LogP contribution < -0.4 is 0 Å². The van der Waals surface area contributed by atoms with Crippen LogP contribution in [0, 0.1) is 5.92 Å². The average Bonchev–Trinajstić information content (AvgIpc) is 2.88. The van der Waals surface area contributed by atoms with Gasteiger partial charge in [0.15, 0.2) is 0 Å². The van der Waals surface area contributed by atoms with E-state index in [2.05, 4.69) is 26.0 Å². The lowest BCUT2D eigenvalue weighted by molar-refractivity contribution is -0.141. The lowest BCUT2D eigenvalue weighted by Gasteiger charge is -2.14. The molecule has 0 aliphatic rings. The number of carbonyl (C=O) groups is 1. The van der Waals surface area contributed by atoms with Crippen LogP contribution in [0.1, 0.15) is 31.3 Å². The van der Waals surface area contributed by atoms with Crippen molar-refractivity contribution in [2.24, 2.45) is 5.92 Å². The molecule has 1 aromatic heterocycles.